The van der Waals surface area contributed by atoms with Gasteiger partial charge in [-0.05, 0) is 31.2 Å². The summed E-state index contributed by atoms with van der Waals surface area (Å²) < 4.78 is 48.2. The van der Waals surface area contributed by atoms with Crippen LogP contribution in [0.2, 0.25) is 0 Å². The number of nitrogens with one attached hydrogen (secondary N) is 1. The summed E-state index contributed by atoms with van der Waals surface area (Å²) in [6, 6.07) is 8.39. The minimum absolute atomic E-state index is 0.00991. The maximum Gasteiger partial charge on any atom is 0.338 e. The van der Waals surface area contributed by atoms with Crippen LogP contribution >= 0.6 is 0 Å². The number of carbonyl (C=O) groups excluding carboxylic acids is 1. The first-order valence-electron chi connectivity index (χ1n) is 7.96. The van der Waals surface area contributed by atoms with E-state index in [1.54, 1.807) is 6.92 Å². The molecule has 0 fully saturated rings. The molecule has 0 radical (unpaired) electrons. The Labute approximate surface area is 158 Å². The summed E-state index contributed by atoms with van der Waals surface area (Å²) in [4.78, 5) is 11.7. The van der Waals surface area contributed by atoms with Gasteiger partial charge in [-0.15, -0.1) is 0 Å². The highest BCUT2D eigenvalue weighted by atomic mass is 32.2. The van der Waals surface area contributed by atoms with Gasteiger partial charge in [-0.2, -0.15) is 0 Å². The van der Waals surface area contributed by atoms with Gasteiger partial charge >= 0.3 is 5.97 Å². The Bertz CT molecular complexity index is 883. The Morgan fingerprint density at radius 2 is 1.52 bits per heavy atom. The molecule has 0 heterocycles. The number of benzene rings is 2. The number of methoxy groups -OCH3 is 3. The van der Waals surface area contributed by atoms with Crippen LogP contribution in [0.5, 0.6) is 17.2 Å². The molecule has 1 N–H and O–H groups in total. The Balaban J connectivity index is 2.32. The Kier molecular flexibility index (Phi) is 6.51. The number of hydrogen-bond acceptors (Lipinski definition) is 7. The van der Waals surface area contributed by atoms with Crippen LogP contribution in [0.15, 0.2) is 41.3 Å². The molecule has 2 rings (SSSR count). The van der Waals surface area contributed by atoms with E-state index in [9.17, 15) is 13.2 Å². The molecule has 0 aliphatic carbocycles. The molecule has 0 spiro atoms. The van der Waals surface area contributed by atoms with Gasteiger partial charge in [0.05, 0.1) is 44.1 Å². The van der Waals surface area contributed by atoms with Gasteiger partial charge in [-0.25, -0.2) is 13.2 Å². The molecular formula is C18H21NO7S. The molecule has 0 amide bonds. The van der Waals surface area contributed by atoms with E-state index in [1.165, 1.54) is 57.7 Å². The van der Waals surface area contributed by atoms with Gasteiger partial charge in [0.2, 0.25) is 5.75 Å². The highest BCUT2D eigenvalue weighted by Gasteiger charge is 2.19. The van der Waals surface area contributed by atoms with Crippen molar-refractivity contribution < 1.29 is 32.2 Å². The third-order valence-electron chi connectivity index (χ3n) is 3.59. The number of sulfonamides is 1. The largest absolute Gasteiger partial charge is 0.493 e. The molecule has 0 aromatic heterocycles. The van der Waals surface area contributed by atoms with Gasteiger partial charge in [0.1, 0.15) is 0 Å². The fraction of sp³-hybridized carbons (Fsp3) is 0.278. The van der Waals surface area contributed by atoms with Crippen LogP contribution < -0.4 is 18.9 Å². The summed E-state index contributed by atoms with van der Waals surface area (Å²) in [5, 5.41) is 0. The molecule has 2 aromatic rings. The Morgan fingerprint density at radius 3 is 1.96 bits per heavy atom. The van der Waals surface area contributed by atoms with Crippen molar-refractivity contribution in [1.29, 1.82) is 0 Å². The van der Waals surface area contributed by atoms with Crippen molar-refractivity contribution in [3.8, 4) is 17.2 Å². The number of hydrogen-bond donors (Lipinski definition) is 1. The van der Waals surface area contributed by atoms with Crippen molar-refractivity contribution in [2.75, 3.05) is 32.7 Å². The zero-order chi connectivity index (χ0) is 20.0. The second-order valence-corrected chi connectivity index (χ2v) is 6.95. The predicted molar refractivity (Wildman–Crippen MR) is 99.3 cm³/mol. The van der Waals surface area contributed by atoms with Crippen LogP contribution in [0.3, 0.4) is 0 Å². The van der Waals surface area contributed by atoms with E-state index in [1.807, 2.05) is 0 Å². The first-order valence-corrected chi connectivity index (χ1v) is 9.44. The van der Waals surface area contributed by atoms with E-state index in [0.717, 1.165) is 0 Å². The zero-order valence-electron chi connectivity index (χ0n) is 15.4. The van der Waals surface area contributed by atoms with E-state index in [-0.39, 0.29) is 22.8 Å². The maximum atomic E-state index is 12.6. The topological polar surface area (TPSA) is 100 Å². The molecule has 0 saturated heterocycles. The van der Waals surface area contributed by atoms with E-state index in [2.05, 4.69) is 4.72 Å². The molecule has 0 aliphatic heterocycles. The number of anilines is 1. The highest BCUT2D eigenvalue weighted by Crippen LogP contribution is 2.40. The second kappa shape index (κ2) is 8.63. The third-order valence-corrected chi connectivity index (χ3v) is 4.99. The summed E-state index contributed by atoms with van der Waals surface area (Å²) in [5.74, 6) is 0.459. The average Bonchev–Trinajstić information content (AvgIpc) is 2.67. The fourth-order valence-electron chi connectivity index (χ4n) is 2.34. The van der Waals surface area contributed by atoms with Crippen LogP contribution in [0.1, 0.15) is 17.3 Å². The average molecular weight is 395 g/mol. The van der Waals surface area contributed by atoms with E-state index in [0.29, 0.717) is 17.2 Å². The van der Waals surface area contributed by atoms with Crippen LogP contribution in [0.25, 0.3) is 0 Å². The van der Waals surface area contributed by atoms with Crippen molar-refractivity contribution >= 4 is 21.7 Å². The fourth-order valence-corrected chi connectivity index (χ4v) is 3.38. The lowest BCUT2D eigenvalue weighted by molar-refractivity contribution is 0.0526. The monoisotopic (exact) mass is 395 g/mol. The van der Waals surface area contributed by atoms with Crippen LogP contribution in [-0.4, -0.2) is 42.3 Å². The molecule has 27 heavy (non-hydrogen) atoms. The second-order valence-electron chi connectivity index (χ2n) is 5.26. The van der Waals surface area contributed by atoms with Gasteiger partial charge in [0, 0.05) is 12.1 Å². The minimum Gasteiger partial charge on any atom is -0.493 e. The van der Waals surface area contributed by atoms with E-state index in [4.69, 9.17) is 18.9 Å². The molecule has 0 unspecified atom stereocenters. The first kappa shape index (κ1) is 20.4. The minimum atomic E-state index is -3.89. The lowest BCUT2D eigenvalue weighted by Gasteiger charge is -2.15. The van der Waals surface area contributed by atoms with Crippen molar-refractivity contribution in [1.82, 2.24) is 0 Å². The Hall–Kier alpha value is -2.94. The number of rotatable bonds is 8. The lowest BCUT2D eigenvalue weighted by atomic mass is 10.2. The molecule has 0 atom stereocenters. The zero-order valence-corrected chi connectivity index (χ0v) is 16.3. The van der Waals surface area contributed by atoms with Gasteiger partial charge in [0.15, 0.2) is 11.5 Å². The lowest BCUT2D eigenvalue weighted by Crippen LogP contribution is -2.14. The van der Waals surface area contributed by atoms with Gasteiger partial charge in [0.25, 0.3) is 10.0 Å². The Morgan fingerprint density at radius 1 is 0.963 bits per heavy atom. The summed E-state index contributed by atoms with van der Waals surface area (Å²) in [5.41, 5.74) is 0.502. The molecule has 0 bridgehead atoms. The number of carbonyl (C=O) groups is 1. The number of ether oxygens (including phenoxy) is 4. The van der Waals surface area contributed by atoms with Crippen LogP contribution in [0.4, 0.5) is 5.69 Å². The third kappa shape index (κ3) is 4.62. The quantitative estimate of drug-likeness (QED) is 0.686. The normalized spacial score (nSPS) is 10.8. The van der Waals surface area contributed by atoms with Crippen molar-refractivity contribution in [3.05, 3.63) is 42.0 Å². The summed E-state index contributed by atoms with van der Waals surface area (Å²) >= 11 is 0. The van der Waals surface area contributed by atoms with E-state index >= 15 is 0 Å². The van der Waals surface area contributed by atoms with Crippen molar-refractivity contribution in [2.45, 2.75) is 11.8 Å². The van der Waals surface area contributed by atoms with Gasteiger partial charge in [-0.1, -0.05) is 0 Å². The molecule has 0 saturated carbocycles. The van der Waals surface area contributed by atoms with Gasteiger partial charge in [-0.3, -0.25) is 4.72 Å². The van der Waals surface area contributed by atoms with Crippen molar-refractivity contribution in [3.63, 3.8) is 0 Å². The molecule has 0 aliphatic rings. The highest BCUT2D eigenvalue weighted by molar-refractivity contribution is 7.92. The first-order chi connectivity index (χ1) is 12.9. The summed E-state index contributed by atoms with van der Waals surface area (Å²) in [7, 11) is 0.430. The van der Waals surface area contributed by atoms with Crippen LogP contribution in [-0.2, 0) is 14.8 Å². The molecular weight excluding hydrogens is 374 g/mol. The van der Waals surface area contributed by atoms with E-state index < -0.39 is 16.0 Å². The smallest absolute Gasteiger partial charge is 0.338 e. The standard InChI is InChI=1S/C18H21NO7S/c1-5-26-18(20)12-6-8-14(9-7-12)27(21,22)19-13-10-15(23-2)17(25-4)16(11-13)24-3/h6-11,19H,5H2,1-4H3. The molecule has 2 aromatic carbocycles. The maximum absolute atomic E-state index is 12.6. The van der Waals surface area contributed by atoms with Crippen LogP contribution in [0, 0.1) is 0 Å². The summed E-state index contributed by atoms with van der Waals surface area (Å²) in [6.45, 7) is 1.93. The molecule has 9 heteroatoms. The predicted octanol–water partition coefficient (Wildman–Crippen LogP) is 2.69. The number of esters is 1. The SMILES string of the molecule is CCOC(=O)c1ccc(S(=O)(=O)Nc2cc(OC)c(OC)c(OC)c2)cc1. The van der Waals surface area contributed by atoms with Gasteiger partial charge < -0.3 is 18.9 Å². The van der Waals surface area contributed by atoms with Crippen molar-refractivity contribution in [2.24, 2.45) is 0 Å². The summed E-state index contributed by atoms with van der Waals surface area (Å²) in [6.07, 6.45) is 0. The molecule has 8 nitrogen and oxygen atoms in total. The molecule has 146 valence electrons.